The van der Waals surface area contributed by atoms with E-state index in [-0.39, 0.29) is 6.29 Å². The van der Waals surface area contributed by atoms with Crippen LogP contribution in [-0.4, -0.2) is 19.0 Å². The molecular weight excluding hydrogens is 192 g/mol. The number of hydrogen-bond acceptors (Lipinski definition) is 3. The van der Waals surface area contributed by atoms with Crippen molar-refractivity contribution in [1.29, 1.82) is 0 Å². The number of hydrogen-bond donors (Lipinski definition) is 0. The second-order valence-corrected chi connectivity index (χ2v) is 5.20. The number of rotatable bonds is 3. The van der Waals surface area contributed by atoms with E-state index in [0.717, 1.165) is 31.3 Å². The molecule has 4 atom stereocenters. The molecule has 3 fully saturated rings. The fourth-order valence-electron chi connectivity index (χ4n) is 3.22. The van der Waals surface area contributed by atoms with E-state index in [2.05, 4.69) is 0 Å². The molecule has 15 heavy (non-hydrogen) atoms. The van der Waals surface area contributed by atoms with Crippen molar-refractivity contribution in [3.8, 4) is 0 Å². The van der Waals surface area contributed by atoms with E-state index >= 15 is 0 Å². The first-order valence-corrected chi connectivity index (χ1v) is 6.35. The molecule has 4 unspecified atom stereocenters. The SMILES string of the molecule is C1CCC(OOC2CC3CCC2C3)OC1. The third kappa shape index (κ3) is 2.19. The van der Waals surface area contributed by atoms with Crippen LogP contribution in [0.15, 0.2) is 0 Å². The Balaban J connectivity index is 1.42. The normalized spacial score (nSPS) is 44.8. The molecule has 0 spiro atoms. The Kier molecular flexibility index (Phi) is 2.95. The van der Waals surface area contributed by atoms with Crippen LogP contribution in [0.4, 0.5) is 0 Å². The molecule has 1 aliphatic heterocycles. The molecule has 3 heteroatoms. The summed E-state index contributed by atoms with van der Waals surface area (Å²) in [6.07, 6.45) is 8.91. The molecule has 0 N–H and O–H groups in total. The molecule has 0 aromatic carbocycles. The first-order valence-electron chi connectivity index (χ1n) is 6.35. The second kappa shape index (κ2) is 4.40. The Morgan fingerprint density at radius 2 is 1.93 bits per heavy atom. The van der Waals surface area contributed by atoms with E-state index in [4.69, 9.17) is 14.5 Å². The summed E-state index contributed by atoms with van der Waals surface area (Å²) in [5, 5.41) is 0. The molecular formula is C12H20O3. The Labute approximate surface area is 91.0 Å². The van der Waals surface area contributed by atoms with Crippen molar-refractivity contribution in [3.05, 3.63) is 0 Å². The Hall–Kier alpha value is -0.120. The van der Waals surface area contributed by atoms with E-state index in [1.165, 1.54) is 32.1 Å². The van der Waals surface area contributed by atoms with Crippen molar-refractivity contribution in [2.45, 2.75) is 57.3 Å². The van der Waals surface area contributed by atoms with Crippen molar-refractivity contribution in [1.82, 2.24) is 0 Å². The molecule has 3 rings (SSSR count). The average Bonchev–Trinajstić information content (AvgIpc) is 2.89. The first kappa shape index (κ1) is 10.1. The molecule has 0 amide bonds. The molecule has 86 valence electrons. The maximum Gasteiger partial charge on any atom is 0.191 e. The smallest absolute Gasteiger partial charge is 0.191 e. The lowest BCUT2D eigenvalue weighted by molar-refractivity contribution is -0.408. The summed E-state index contributed by atoms with van der Waals surface area (Å²) in [6, 6.07) is 0. The predicted molar refractivity (Wildman–Crippen MR) is 55.0 cm³/mol. The quantitative estimate of drug-likeness (QED) is 0.531. The van der Waals surface area contributed by atoms with E-state index in [0.29, 0.717) is 6.10 Å². The van der Waals surface area contributed by atoms with Crippen LogP contribution in [0, 0.1) is 11.8 Å². The van der Waals surface area contributed by atoms with Gasteiger partial charge in [0.1, 0.15) is 0 Å². The van der Waals surface area contributed by atoms with Crippen molar-refractivity contribution < 1.29 is 14.5 Å². The van der Waals surface area contributed by atoms with Gasteiger partial charge in [-0.3, -0.25) is 0 Å². The molecule has 2 bridgehead atoms. The fraction of sp³-hybridized carbons (Fsp3) is 1.00. The highest BCUT2D eigenvalue weighted by Gasteiger charge is 2.41. The van der Waals surface area contributed by atoms with Gasteiger partial charge in [-0.1, -0.05) is 0 Å². The van der Waals surface area contributed by atoms with Crippen LogP contribution in [0.5, 0.6) is 0 Å². The first-order chi connectivity index (χ1) is 7.42. The summed E-state index contributed by atoms with van der Waals surface area (Å²) in [4.78, 5) is 10.9. The van der Waals surface area contributed by atoms with Gasteiger partial charge < -0.3 is 4.74 Å². The zero-order chi connectivity index (χ0) is 10.1. The minimum atomic E-state index is -0.0992. The van der Waals surface area contributed by atoms with Gasteiger partial charge in [-0.05, 0) is 50.4 Å². The molecule has 3 nitrogen and oxygen atoms in total. The summed E-state index contributed by atoms with van der Waals surface area (Å²) < 4.78 is 5.47. The van der Waals surface area contributed by atoms with Crippen LogP contribution in [0.3, 0.4) is 0 Å². The molecule has 2 aliphatic carbocycles. The molecule has 2 saturated carbocycles. The van der Waals surface area contributed by atoms with E-state index in [1.807, 2.05) is 0 Å². The molecule has 0 radical (unpaired) electrons. The predicted octanol–water partition coefficient (Wildman–Crippen LogP) is 2.65. The van der Waals surface area contributed by atoms with Crippen LogP contribution in [-0.2, 0) is 14.5 Å². The van der Waals surface area contributed by atoms with Gasteiger partial charge in [0.05, 0.1) is 6.10 Å². The van der Waals surface area contributed by atoms with Crippen molar-refractivity contribution >= 4 is 0 Å². The zero-order valence-corrected chi connectivity index (χ0v) is 9.19. The molecule has 1 saturated heterocycles. The zero-order valence-electron chi connectivity index (χ0n) is 9.19. The maximum absolute atomic E-state index is 5.55. The van der Waals surface area contributed by atoms with Gasteiger partial charge in [0.15, 0.2) is 6.29 Å². The van der Waals surface area contributed by atoms with E-state index in [1.54, 1.807) is 0 Å². The van der Waals surface area contributed by atoms with Gasteiger partial charge in [-0.25, -0.2) is 9.78 Å². The number of ether oxygens (including phenoxy) is 1. The molecule has 3 aliphatic rings. The molecule has 0 aromatic rings. The summed E-state index contributed by atoms with van der Waals surface area (Å²) in [7, 11) is 0. The monoisotopic (exact) mass is 212 g/mol. The van der Waals surface area contributed by atoms with Crippen molar-refractivity contribution in [2.75, 3.05) is 6.61 Å². The third-order valence-electron chi connectivity index (χ3n) is 4.10. The van der Waals surface area contributed by atoms with E-state index in [9.17, 15) is 0 Å². The van der Waals surface area contributed by atoms with Gasteiger partial charge in [-0.15, -0.1) is 0 Å². The third-order valence-corrected chi connectivity index (χ3v) is 4.10. The molecule has 1 heterocycles. The minimum Gasteiger partial charge on any atom is -0.350 e. The lowest BCUT2D eigenvalue weighted by Crippen LogP contribution is -2.27. The van der Waals surface area contributed by atoms with Gasteiger partial charge >= 0.3 is 0 Å². The summed E-state index contributed by atoms with van der Waals surface area (Å²) >= 11 is 0. The highest BCUT2D eigenvalue weighted by molar-refractivity contribution is 4.90. The van der Waals surface area contributed by atoms with Crippen molar-refractivity contribution in [3.63, 3.8) is 0 Å². The lowest BCUT2D eigenvalue weighted by Gasteiger charge is -2.26. The van der Waals surface area contributed by atoms with Crippen LogP contribution >= 0.6 is 0 Å². The van der Waals surface area contributed by atoms with Crippen LogP contribution < -0.4 is 0 Å². The summed E-state index contributed by atoms with van der Waals surface area (Å²) in [6.45, 7) is 0.824. The minimum absolute atomic E-state index is 0.0992. The van der Waals surface area contributed by atoms with Crippen molar-refractivity contribution in [2.24, 2.45) is 11.8 Å². The fourth-order valence-corrected chi connectivity index (χ4v) is 3.22. The Morgan fingerprint density at radius 1 is 0.933 bits per heavy atom. The summed E-state index contributed by atoms with van der Waals surface area (Å²) in [5.74, 6) is 1.68. The van der Waals surface area contributed by atoms with Gasteiger partial charge in [0, 0.05) is 13.0 Å². The van der Waals surface area contributed by atoms with Crippen LogP contribution in [0.2, 0.25) is 0 Å². The van der Waals surface area contributed by atoms with Gasteiger partial charge in [-0.2, -0.15) is 0 Å². The van der Waals surface area contributed by atoms with E-state index < -0.39 is 0 Å². The largest absolute Gasteiger partial charge is 0.350 e. The topological polar surface area (TPSA) is 27.7 Å². The Morgan fingerprint density at radius 3 is 2.60 bits per heavy atom. The highest BCUT2D eigenvalue weighted by Crippen LogP contribution is 2.46. The van der Waals surface area contributed by atoms with Gasteiger partial charge in [0.2, 0.25) is 0 Å². The van der Waals surface area contributed by atoms with Gasteiger partial charge in [0.25, 0.3) is 0 Å². The Bertz CT molecular complexity index is 213. The van der Waals surface area contributed by atoms with Crippen LogP contribution in [0.25, 0.3) is 0 Å². The summed E-state index contributed by atoms with van der Waals surface area (Å²) in [5.41, 5.74) is 0. The molecule has 0 aromatic heterocycles. The average molecular weight is 212 g/mol. The van der Waals surface area contributed by atoms with Crippen LogP contribution in [0.1, 0.15) is 44.9 Å². The highest BCUT2D eigenvalue weighted by atomic mass is 17.2. The number of fused-ring (bicyclic) bond motifs is 2. The standard InChI is InChI=1S/C12H20O3/c1-2-6-13-12(3-1)15-14-11-8-9-4-5-10(11)7-9/h9-12H,1-8H2. The lowest BCUT2D eigenvalue weighted by atomic mass is 9.98. The second-order valence-electron chi connectivity index (χ2n) is 5.20. The maximum atomic E-state index is 5.55.